The lowest BCUT2D eigenvalue weighted by Gasteiger charge is -2.37. The van der Waals surface area contributed by atoms with Crippen molar-refractivity contribution in [2.45, 2.75) is 31.9 Å². The third kappa shape index (κ3) is 3.90. The van der Waals surface area contributed by atoms with Gasteiger partial charge in [-0.25, -0.2) is 8.42 Å². The van der Waals surface area contributed by atoms with E-state index in [1.54, 1.807) is 4.31 Å². The van der Waals surface area contributed by atoms with Crippen LogP contribution in [-0.2, 0) is 10.0 Å². The van der Waals surface area contributed by atoms with E-state index < -0.39 is 10.0 Å². The maximum absolute atomic E-state index is 12.5. The summed E-state index contributed by atoms with van der Waals surface area (Å²) in [7, 11) is -3.07. The monoisotopic (exact) mass is 289 g/mol. The highest BCUT2D eigenvalue weighted by atomic mass is 32.2. The minimum absolute atomic E-state index is 0.162. The van der Waals surface area contributed by atoms with Gasteiger partial charge in [-0.1, -0.05) is 13.8 Å². The fourth-order valence-electron chi connectivity index (χ4n) is 2.99. The van der Waals surface area contributed by atoms with Crippen LogP contribution in [0.25, 0.3) is 0 Å². The molecule has 112 valence electrons. The van der Waals surface area contributed by atoms with Crippen LogP contribution in [0.15, 0.2) is 0 Å². The lowest BCUT2D eigenvalue weighted by atomic mass is 10.2. The van der Waals surface area contributed by atoms with Crippen LogP contribution < -0.4 is 5.32 Å². The van der Waals surface area contributed by atoms with E-state index in [1.807, 2.05) is 0 Å². The quantitative estimate of drug-likeness (QED) is 0.811. The molecular formula is C13H27N3O2S. The van der Waals surface area contributed by atoms with E-state index in [1.165, 1.54) is 0 Å². The van der Waals surface area contributed by atoms with Crippen molar-refractivity contribution in [3.8, 4) is 0 Å². The van der Waals surface area contributed by atoms with Crippen molar-refractivity contribution in [3.63, 3.8) is 0 Å². The van der Waals surface area contributed by atoms with Gasteiger partial charge in [-0.2, -0.15) is 4.31 Å². The molecule has 0 atom stereocenters. The van der Waals surface area contributed by atoms with E-state index in [4.69, 9.17) is 0 Å². The first kappa shape index (κ1) is 15.2. The Morgan fingerprint density at radius 2 is 1.68 bits per heavy atom. The molecule has 0 unspecified atom stereocenters. The predicted molar refractivity (Wildman–Crippen MR) is 77.7 cm³/mol. The highest BCUT2D eigenvalue weighted by Gasteiger charge is 2.34. The lowest BCUT2D eigenvalue weighted by molar-refractivity contribution is 0.171. The molecule has 0 amide bonds. The zero-order valence-corrected chi connectivity index (χ0v) is 13.0. The third-order valence-corrected chi connectivity index (χ3v) is 6.42. The summed E-state index contributed by atoms with van der Waals surface area (Å²) in [5, 5.41) is 3.07. The molecule has 2 fully saturated rings. The van der Waals surface area contributed by atoms with Crippen molar-refractivity contribution in [1.29, 1.82) is 0 Å². The molecule has 0 aromatic carbocycles. The van der Waals surface area contributed by atoms with Crippen LogP contribution in [0.4, 0.5) is 0 Å². The molecule has 0 aromatic rings. The predicted octanol–water partition coefficient (Wildman–Crippen LogP) is 0.342. The number of hydrogen-bond donors (Lipinski definition) is 1. The maximum Gasteiger partial charge on any atom is 0.217 e. The average Bonchev–Trinajstić information content (AvgIpc) is 2.40. The molecule has 2 aliphatic heterocycles. The van der Waals surface area contributed by atoms with E-state index in [2.05, 4.69) is 24.1 Å². The maximum atomic E-state index is 12.5. The van der Waals surface area contributed by atoms with Gasteiger partial charge in [0.15, 0.2) is 0 Å². The summed E-state index contributed by atoms with van der Waals surface area (Å²) in [6.45, 7) is 10.2. The number of piperazine rings is 1. The summed E-state index contributed by atoms with van der Waals surface area (Å²) in [6, 6.07) is 0. The van der Waals surface area contributed by atoms with Crippen molar-refractivity contribution in [1.82, 2.24) is 14.5 Å². The first-order valence-corrected chi connectivity index (χ1v) is 8.92. The Morgan fingerprint density at radius 3 is 2.21 bits per heavy atom. The summed E-state index contributed by atoms with van der Waals surface area (Å²) in [4.78, 5) is 2.37. The van der Waals surface area contributed by atoms with Crippen LogP contribution in [0.2, 0.25) is 0 Å². The first-order chi connectivity index (χ1) is 9.00. The van der Waals surface area contributed by atoms with Gasteiger partial charge in [0.25, 0.3) is 0 Å². The van der Waals surface area contributed by atoms with Gasteiger partial charge in [0, 0.05) is 32.7 Å². The highest BCUT2D eigenvalue weighted by Crippen LogP contribution is 2.19. The number of piperidine rings is 1. The summed E-state index contributed by atoms with van der Waals surface area (Å²) >= 11 is 0. The van der Waals surface area contributed by atoms with E-state index in [0.29, 0.717) is 19.0 Å². The van der Waals surface area contributed by atoms with Crippen LogP contribution >= 0.6 is 0 Å². The smallest absolute Gasteiger partial charge is 0.217 e. The number of nitrogens with zero attached hydrogens (tertiary/aromatic N) is 2. The number of sulfonamides is 1. The zero-order valence-electron chi connectivity index (χ0n) is 12.1. The SMILES string of the molecule is CC(C)CN1CCN(S(=O)(=O)C2CCNCC2)CC1. The molecule has 0 radical (unpaired) electrons. The molecule has 1 N–H and O–H groups in total. The van der Waals surface area contributed by atoms with Gasteiger partial charge < -0.3 is 10.2 Å². The fourth-order valence-corrected chi connectivity index (χ4v) is 4.91. The normalized spacial score (nSPS) is 25.0. The van der Waals surface area contributed by atoms with E-state index in [0.717, 1.165) is 45.6 Å². The van der Waals surface area contributed by atoms with E-state index in [-0.39, 0.29) is 5.25 Å². The first-order valence-electron chi connectivity index (χ1n) is 7.42. The summed E-state index contributed by atoms with van der Waals surface area (Å²) in [6.07, 6.45) is 1.52. The Hall–Kier alpha value is -0.170. The van der Waals surface area contributed by atoms with Gasteiger partial charge in [0.05, 0.1) is 5.25 Å². The molecule has 2 aliphatic rings. The van der Waals surface area contributed by atoms with Crippen molar-refractivity contribution >= 4 is 10.0 Å². The molecule has 0 saturated carbocycles. The van der Waals surface area contributed by atoms with Gasteiger partial charge in [0.1, 0.15) is 0 Å². The third-order valence-electron chi connectivity index (χ3n) is 4.02. The average molecular weight is 289 g/mol. The Labute approximate surface area is 117 Å². The van der Waals surface area contributed by atoms with Crippen molar-refractivity contribution in [3.05, 3.63) is 0 Å². The standard InChI is InChI=1S/C13H27N3O2S/c1-12(2)11-15-7-9-16(10-8-15)19(17,18)13-3-5-14-6-4-13/h12-14H,3-11H2,1-2H3. The second kappa shape index (κ2) is 6.52. The van der Waals surface area contributed by atoms with Crippen LogP contribution in [0.1, 0.15) is 26.7 Å². The molecular weight excluding hydrogens is 262 g/mol. The van der Waals surface area contributed by atoms with Gasteiger partial charge >= 0.3 is 0 Å². The number of rotatable bonds is 4. The molecule has 5 nitrogen and oxygen atoms in total. The Kier molecular flexibility index (Phi) is 5.22. The van der Waals surface area contributed by atoms with Crippen molar-refractivity contribution in [2.24, 2.45) is 5.92 Å². The Bertz CT molecular complexity index is 369. The summed E-state index contributed by atoms with van der Waals surface area (Å²) in [5.41, 5.74) is 0. The molecule has 2 heterocycles. The molecule has 0 aliphatic carbocycles. The second-order valence-corrected chi connectivity index (χ2v) is 8.30. The topological polar surface area (TPSA) is 52.7 Å². The summed E-state index contributed by atoms with van der Waals surface area (Å²) < 4.78 is 26.8. The highest BCUT2D eigenvalue weighted by molar-refractivity contribution is 7.89. The van der Waals surface area contributed by atoms with Crippen LogP contribution in [0.3, 0.4) is 0 Å². The number of nitrogens with one attached hydrogen (secondary N) is 1. The Balaban J connectivity index is 1.89. The largest absolute Gasteiger partial charge is 0.317 e. The van der Waals surface area contributed by atoms with Gasteiger partial charge in [0.2, 0.25) is 10.0 Å². The van der Waals surface area contributed by atoms with Crippen LogP contribution in [0, 0.1) is 5.92 Å². The molecule has 19 heavy (non-hydrogen) atoms. The van der Waals surface area contributed by atoms with Gasteiger partial charge in [-0.3, -0.25) is 0 Å². The van der Waals surface area contributed by atoms with Gasteiger partial charge in [-0.05, 0) is 31.8 Å². The van der Waals surface area contributed by atoms with Crippen molar-refractivity contribution < 1.29 is 8.42 Å². The molecule has 0 bridgehead atoms. The fraction of sp³-hybridized carbons (Fsp3) is 1.00. The minimum atomic E-state index is -3.07. The summed E-state index contributed by atoms with van der Waals surface area (Å²) in [5.74, 6) is 0.646. The number of hydrogen-bond acceptors (Lipinski definition) is 4. The second-order valence-electron chi connectivity index (χ2n) is 6.09. The van der Waals surface area contributed by atoms with Gasteiger partial charge in [-0.15, -0.1) is 0 Å². The molecule has 2 rings (SSSR count). The Morgan fingerprint density at radius 1 is 1.11 bits per heavy atom. The van der Waals surface area contributed by atoms with Crippen LogP contribution in [0.5, 0.6) is 0 Å². The van der Waals surface area contributed by atoms with E-state index in [9.17, 15) is 8.42 Å². The molecule has 6 heteroatoms. The van der Waals surface area contributed by atoms with Crippen LogP contribution in [-0.4, -0.2) is 68.7 Å². The van der Waals surface area contributed by atoms with Crippen molar-refractivity contribution in [2.75, 3.05) is 45.8 Å². The molecule has 2 saturated heterocycles. The molecule has 0 spiro atoms. The lowest BCUT2D eigenvalue weighted by Crippen LogP contribution is -2.52. The zero-order chi connectivity index (χ0) is 13.9. The van der Waals surface area contributed by atoms with E-state index >= 15 is 0 Å². The molecule has 0 aromatic heterocycles. The minimum Gasteiger partial charge on any atom is -0.317 e.